The van der Waals surface area contributed by atoms with Crippen LogP contribution in [0.1, 0.15) is 60.8 Å². The average molecular weight is 216 g/mol. The first-order valence-corrected chi connectivity index (χ1v) is 6.49. The topological polar surface area (TPSA) is 0 Å². The van der Waals surface area contributed by atoms with E-state index in [0.717, 1.165) is 17.8 Å². The van der Waals surface area contributed by atoms with Crippen molar-refractivity contribution in [2.75, 3.05) is 0 Å². The third-order valence-electron chi connectivity index (χ3n) is 3.45. The standard InChI is InChI=1S/C13H28S/c1-7-11(8-2)9-12(10(3)4)13(5,6)14/h10-12,14H,7-9H2,1-6H3. The lowest BCUT2D eigenvalue weighted by Gasteiger charge is -2.35. The Morgan fingerprint density at radius 2 is 1.50 bits per heavy atom. The van der Waals surface area contributed by atoms with E-state index in [1.807, 2.05) is 0 Å². The van der Waals surface area contributed by atoms with E-state index in [0.29, 0.717) is 0 Å². The Bertz CT molecular complexity index is 140. The highest BCUT2D eigenvalue weighted by molar-refractivity contribution is 7.81. The Kier molecular flexibility index (Phi) is 6.20. The number of rotatable bonds is 6. The predicted octanol–water partition coefficient (Wildman–Crippen LogP) is 4.79. The van der Waals surface area contributed by atoms with Crippen LogP contribution in [-0.2, 0) is 0 Å². The minimum atomic E-state index is 0.163. The van der Waals surface area contributed by atoms with E-state index in [2.05, 4.69) is 41.5 Å². The van der Waals surface area contributed by atoms with Crippen molar-refractivity contribution < 1.29 is 0 Å². The average Bonchev–Trinajstić information content (AvgIpc) is 2.03. The molecule has 1 heteroatoms. The molecule has 0 radical (unpaired) electrons. The summed E-state index contributed by atoms with van der Waals surface area (Å²) in [7, 11) is 0. The molecule has 0 aromatic carbocycles. The van der Waals surface area contributed by atoms with E-state index in [1.165, 1.54) is 19.3 Å². The second-order valence-corrected chi connectivity index (χ2v) is 6.58. The van der Waals surface area contributed by atoms with Gasteiger partial charge < -0.3 is 0 Å². The van der Waals surface area contributed by atoms with Crippen LogP contribution in [0, 0.1) is 17.8 Å². The minimum Gasteiger partial charge on any atom is -0.173 e. The van der Waals surface area contributed by atoms with Gasteiger partial charge in [0.05, 0.1) is 0 Å². The summed E-state index contributed by atoms with van der Waals surface area (Å²) in [5.41, 5.74) is 0. The lowest BCUT2D eigenvalue weighted by Crippen LogP contribution is -2.31. The maximum absolute atomic E-state index is 4.74. The Balaban J connectivity index is 4.37. The Morgan fingerprint density at radius 3 is 1.71 bits per heavy atom. The molecule has 0 aromatic heterocycles. The highest BCUT2D eigenvalue weighted by Crippen LogP contribution is 2.36. The van der Waals surface area contributed by atoms with Crippen LogP contribution in [0.4, 0.5) is 0 Å². The molecule has 0 fully saturated rings. The first kappa shape index (κ1) is 14.3. The summed E-state index contributed by atoms with van der Waals surface area (Å²) in [6.07, 6.45) is 3.95. The molecule has 0 nitrogen and oxygen atoms in total. The molecule has 0 aliphatic heterocycles. The molecule has 0 saturated heterocycles. The van der Waals surface area contributed by atoms with Crippen molar-refractivity contribution >= 4 is 12.6 Å². The van der Waals surface area contributed by atoms with Crippen LogP contribution < -0.4 is 0 Å². The van der Waals surface area contributed by atoms with Crippen molar-refractivity contribution in [1.82, 2.24) is 0 Å². The normalized spacial score (nSPS) is 15.2. The molecule has 0 bridgehead atoms. The molecule has 0 aliphatic rings. The van der Waals surface area contributed by atoms with Crippen LogP contribution in [0.5, 0.6) is 0 Å². The van der Waals surface area contributed by atoms with Crippen LogP contribution in [0.15, 0.2) is 0 Å². The monoisotopic (exact) mass is 216 g/mol. The molecule has 0 N–H and O–H groups in total. The van der Waals surface area contributed by atoms with Gasteiger partial charge in [0.25, 0.3) is 0 Å². The molecule has 0 spiro atoms. The number of hydrogen-bond donors (Lipinski definition) is 1. The second-order valence-electron chi connectivity index (χ2n) is 5.42. The van der Waals surface area contributed by atoms with E-state index in [9.17, 15) is 0 Å². The number of hydrogen-bond acceptors (Lipinski definition) is 1. The molecule has 1 atom stereocenters. The lowest BCUT2D eigenvalue weighted by atomic mass is 9.77. The second kappa shape index (κ2) is 6.05. The zero-order valence-electron chi connectivity index (χ0n) is 10.8. The zero-order valence-corrected chi connectivity index (χ0v) is 11.7. The fourth-order valence-corrected chi connectivity index (χ4v) is 2.76. The largest absolute Gasteiger partial charge is 0.173 e. The molecule has 0 saturated carbocycles. The van der Waals surface area contributed by atoms with E-state index in [-0.39, 0.29) is 4.75 Å². The highest BCUT2D eigenvalue weighted by atomic mass is 32.1. The Morgan fingerprint density at radius 1 is 1.07 bits per heavy atom. The van der Waals surface area contributed by atoms with Gasteiger partial charge in [-0.2, -0.15) is 12.6 Å². The Labute approximate surface area is 96.3 Å². The van der Waals surface area contributed by atoms with Crippen molar-refractivity contribution in [1.29, 1.82) is 0 Å². The zero-order chi connectivity index (χ0) is 11.4. The summed E-state index contributed by atoms with van der Waals surface area (Å²) in [4.78, 5) is 0. The molecular weight excluding hydrogens is 188 g/mol. The van der Waals surface area contributed by atoms with Crippen LogP contribution in [0.2, 0.25) is 0 Å². The smallest absolute Gasteiger partial charge is 0.0104 e. The van der Waals surface area contributed by atoms with Gasteiger partial charge in [0.2, 0.25) is 0 Å². The molecular formula is C13H28S. The predicted molar refractivity (Wildman–Crippen MR) is 70.1 cm³/mol. The summed E-state index contributed by atoms with van der Waals surface area (Å²) < 4.78 is 0.163. The third kappa shape index (κ3) is 4.72. The summed E-state index contributed by atoms with van der Waals surface area (Å²) in [5.74, 6) is 2.35. The quantitative estimate of drug-likeness (QED) is 0.606. The van der Waals surface area contributed by atoms with Gasteiger partial charge in [0, 0.05) is 4.75 Å². The van der Waals surface area contributed by atoms with Crippen molar-refractivity contribution in [3.05, 3.63) is 0 Å². The molecule has 1 unspecified atom stereocenters. The van der Waals surface area contributed by atoms with Crippen LogP contribution in [-0.4, -0.2) is 4.75 Å². The van der Waals surface area contributed by atoms with Gasteiger partial charge in [-0.1, -0.05) is 54.4 Å². The van der Waals surface area contributed by atoms with E-state index < -0.39 is 0 Å². The number of thiol groups is 1. The van der Waals surface area contributed by atoms with Gasteiger partial charge in [-0.15, -0.1) is 0 Å². The van der Waals surface area contributed by atoms with Crippen LogP contribution in [0.3, 0.4) is 0 Å². The fraction of sp³-hybridized carbons (Fsp3) is 1.00. The van der Waals surface area contributed by atoms with Gasteiger partial charge in [-0.3, -0.25) is 0 Å². The van der Waals surface area contributed by atoms with Gasteiger partial charge in [0.1, 0.15) is 0 Å². The van der Waals surface area contributed by atoms with Gasteiger partial charge in [-0.05, 0) is 24.2 Å². The van der Waals surface area contributed by atoms with Gasteiger partial charge in [0.15, 0.2) is 0 Å². The summed E-state index contributed by atoms with van der Waals surface area (Å²) >= 11 is 4.74. The van der Waals surface area contributed by atoms with Crippen molar-refractivity contribution in [3.8, 4) is 0 Å². The fourth-order valence-electron chi connectivity index (χ4n) is 2.36. The lowest BCUT2D eigenvalue weighted by molar-refractivity contribution is 0.244. The summed E-state index contributed by atoms with van der Waals surface area (Å²) in [5, 5.41) is 0. The molecule has 14 heavy (non-hydrogen) atoms. The third-order valence-corrected chi connectivity index (χ3v) is 3.79. The van der Waals surface area contributed by atoms with Crippen LogP contribution in [0.25, 0.3) is 0 Å². The van der Waals surface area contributed by atoms with E-state index >= 15 is 0 Å². The van der Waals surface area contributed by atoms with Crippen LogP contribution >= 0.6 is 12.6 Å². The molecule has 0 aromatic rings. The first-order chi connectivity index (χ1) is 6.32. The Hall–Kier alpha value is 0.350. The van der Waals surface area contributed by atoms with E-state index in [1.54, 1.807) is 0 Å². The summed E-state index contributed by atoms with van der Waals surface area (Å²) in [6.45, 7) is 13.8. The van der Waals surface area contributed by atoms with Crippen molar-refractivity contribution in [2.24, 2.45) is 17.8 Å². The summed E-state index contributed by atoms with van der Waals surface area (Å²) in [6, 6.07) is 0. The molecule has 0 rings (SSSR count). The molecule has 86 valence electrons. The van der Waals surface area contributed by atoms with Crippen molar-refractivity contribution in [3.63, 3.8) is 0 Å². The maximum atomic E-state index is 4.74. The van der Waals surface area contributed by atoms with Gasteiger partial charge in [-0.25, -0.2) is 0 Å². The van der Waals surface area contributed by atoms with Gasteiger partial charge >= 0.3 is 0 Å². The molecule has 0 amide bonds. The maximum Gasteiger partial charge on any atom is 0.0104 e. The van der Waals surface area contributed by atoms with Crippen molar-refractivity contribution in [2.45, 2.75) is 65.6 Å². The molecule has 0 aliphatic carbocycles. The highest BCUT2D eigenvalue weighted by Gasteiger charge is 2.29. The minimum absolute atomic E-state index is 0.163. The SMILES string of the molecule is CCC(CC)CC(C(C)C)C(C)(C)S. The first-order valence-electron chi connectivity index (χ1n) is 6.05. The van der Waals surface area contributed by atoms with E-state index in [4.69, 9.17) is 12.6 Å². The molecule has 0 heterocycles.